The van der Waals surface area contributed by atoms with E-state index in [9.17, 15) is 0 Å². The molecule has 15 heavy (non-hydrogen) atoms. The van der Waals surface area contributed by atoms with Gasteiger partial charge in [0.15, 0.2) is 0 Å². The van der Waals surface area contributed by atoms with Crippen LogP contribution in [-0.2, 0) is 8.85 Å². The van der Waals surface area contributed by atoms with E-state index in [2.05, 4.69) is 41.5 Å². The highest BCUT2D eigenvalue weighted by Gasteiger charge is 2.67. The second kappa shape index (κ2) is 4.56. The van der Waals surface area contributed by atoms with Gasteiger partial charge >= 0.3 is 8.56 Å². The molecule has 0 radical (unpaired) electrons. The maximum absolute atomic E-state index is 6.15. The first-order valence-electron chi connectivity index (χ1n) is 6.22. The summed E-state index contributed by atoms with van der Waals surface area (Å²) in [5, 5.41) is 0.340. The van der Waals surface area contributed by atoms with Gasteiger partial charge in [-0.25, -0.2) is 0 Å². The molecular formula is C12H26O2Si. The molecule has 0 aromatic heterocycles. The summed E-state index contributed by atoms with van der Waals surface area (Å²) in [7, 11) is -2.03. The van der Waals surface area contributed by atoms with Crippen molar-refractivity contribution in [3.63, 3.8) is 0 Å². The molecular weight excluding hydrogens is 204 g/mol. The lowest BCUT2D eigenvalue weighted by molar-refractivity contribution is 0.160. The highest BCUT2D eigenvalue weighted by Crippen LogP contribution is 2.68. The van der Waals surface area contributed by atoms with E-state index in [0.29, 0.717) is 10.6 Å². The van der Waals surface area contributed by atoms with Crippen LogP contribution >= 0.6 is 0 Å². The largest absolute Gasteiger partial charge is 0.394 e. The Balaban J connectivity index is 2.92. The molecule has 3 heteroatoms. The highest BCUT2D eigenvalue weighted by molar-refractivity contribution is 6.73. The summed E-state index contributed by atoms with van der Waals surface area (Å²) in [6.07, 6.45) is 1.28. The van der Waals surface area contributed by atoms with Crippen molar-refractivity contribution in [3.05, 3.63) is 0 Å². The highest BCUT2D eigenvalue weighted by atomic mass is 28.4. The van der Waals surface area contributed by atoms with Crippen molar-refractivity contribution in [1.29, 1.82) is 0 Å². The van der Waals surface area contributed by atoms with E-state index in [0.717, 1.165) is 19.1 Å². The second-order valence-electron chi connectivity index (χ2n) is 5.21. The van der Waals surface area contributed by atoms with Gasteiger partial charge in [-0.2, -0.15) is 0 Å². The van der Waals surface area contributed by atoms with E-state index in [4.69, 9.17) is 8.85 Å². The monoisotopic (exact) mass is 230 g/mol. The zero-order valence-electron chi connectivity index (χ0n) is 11.1. The first-order valence-corrected chi connectivity index (χ1v) is 8.11. The Morgan fingerprint density at radius 1 is 1.27 bits per heavy atom. The SMILES string of the molecule is CCO[Si](OCC)(C(C)C)C1(C)CC1C. The average molecular weight is 230 g/mol. The lowest BCUT2D eigenvalue weighted by Crippen LogP contribution is -2.50. The fourth-order valence-electron chi connectivity index (χ4n) is 2.86. The molecule has 2 unspecified atom stereocenters. The third kappa shape index (κ3) is 2.02. The van der Waals surface area contributed by atoms with Crippen molar-refractivity contribution in [2.24, 2.45) is 5.92 Å². The van der Waals surface area contributed by atoms with Crippen LogP contribution < -0.4 is 0 Å². The first-order chi connectivity index (χ1) is 6.94. The summed E-state index contributed by atoms with van der Waals surface area (Å²) in [5.41, 5.74) is 0.535. The average Bonchev–Trinajstić information content (AvgIpc) is 2.75. The molecule has 0 aliphatic heterocycles. The third-order valence-corrected chi connectivity index (χ3v) is 9.18. The van der Waals surface area contributed by atoms with Gasteiger partial charge in [0.2, 0.25) is 0 Å². The molecule has 0 aromatic rings. The Hall–Kier alpha value is 0.137. The normalized spacial score (nSPS) is 31.0. The third-order valence-electron chi connectivity index (χ3n) is 3.93. The Bertz CT molecular complexity index is 212. The molecule has 1 aliphatic carbocycles. The van der Waals surface area contributed by atoms with Gasteiger partial charge < -0.3 is 8.85 Å². The fourth-order valence-corrected chi connectivity index (χ4v) is 7.72. The van der Waals surface area contributed by atoms with Crippen LogP contribution in [0.5, 0.6) is 0 Å². The molecule has 2 nitrogen and oxygen atoms in total. The summed E-state index contributed by atoms with van der Waals surface area (Å²) >= 11 is 0. The molecule has 2 atom stereocenters. The van der Waals surface area contributed by atoms with E-state index in [-0.39, 0.29) is 0 Å². The second-order valence-corrected chi connectivity index (χ2v) is 9.42. The summed E-state index contributed by atoms with van der Waals surface area (Å²) in [5.74, 6) is 0.768. The van der Waals surface area contributed by atoms with Crippen LogP contribution in [0.4, 0.5) is 0 Å². The predicted molar refractivity (Wildman–Crippen MR) is 66.3 cm³/mol. The van der Waals surface area contributed by atoms with E-state index >= 15 is 0 Å². The quantitative estimate of drug-likeness (QED) is 0.648. The van der Waals surface area contributed by atoms with Gasteiger partial charge in [0.1, 0.15) is 0 Å². The first kappa shape index (κ1) is 13.2. The van der Waals surface area contributed by atoms with Crippen LogP contribution in [0.15, 0.2) is 0 Å². The molecule has 0 amide bonds. The van der Waals surface area contributed by atoms with Crippen LogP contribution in [0, 0.1) is 5.92 Å². The minimum Gasteiger partial charge on any atom is -0.394 e. The van der Waals surface area contributed by atoms with Gasteiger partial charge in [0.25, 0.3) is 0 Å². The molecule has 1 saturated carbocycles. The van der Waals surface area contributed by atoms with Crippen LogP contribution in [-0.4, -0.2) is 21.8 Å². The van der Waals surface area contributed by atoms with Crippen molar-refractivity contribution in [2.45, 2.75) is 58.5 Å². The summed E-state index contributed by atoms with van der Waals surface area (Å²) in [4.78, 5) is 0. The standard InChI is InChI=1S/C12H26O2Si/c1-7-13-15(10(3)4,14-8-2)12(6)9-11(12)5/h10-11H,7-9H2,1-6H3. The molecule has 1 fully saturated rings. The van der Waals surface area contributed by atoms with Crippen LogP contribution in [0.1, 0.15) is 48.0 Å². The van der Waals surface area contributed by atoms with Crippen molar-refractivity contribution in [3.8, 4) is 0 Å². The lowest BCUT2D eigenvalue weighted by Gasteiger charge is -2.39. The van der Waals surface area contributed by atoms with Crippen molar-refractivity contribution < 1.29 is 8.85 Å². The summed E-state index contributed by atoms with van der Waals surface area (Å²) in [6.45, 7) is 14.9. The Kier molecular flexibility index (Phi) is 4.01. The summed E-state index contributed by atoms with van der Waals surface area (Å²) in [6, 6.07) is 0. The van der Waals surface area contributed by atoms with E-state index in [1.807, 2.05) is 0 Å². The van der Waals surface area contributed by atoms with Crippen molar-refractivity contribution in [1.82, 2.24) is 0 Å². The molecule has 0 bridgehead atoms. The molecule has 0 heterocycles. The summed E-state index contributed by atoms with van der Waals surface area (Å²) < 4.78 is 12.3. The molecule has 0 saturated heterocycles. The van der Waals surface area contributed by atoms with Crippen molar-refractivity contribution >= 4 is 8.56 Å². The fraction of sp³-hybridized carbons (Fsp3) is 1.00. The smallest absolute Gasteiger partial charge is 0.347 e. The molecule has 1 rings (SSSR count). The molecule has 0 spiro atoms. The maximum atomic E-state index is 6.15. The zero-order chi connectivity index (χ0) is 11.7. The van der Waals surface area contributed by atoms with Crippen LogP contribution in [0.25, 0.3) is 0 Å². The predicted octanol–water partition coefficient (Wildman–Crippen LogP) is 3.71. The van der Waals surface area contributed by atoms with E-state index in [1.54, 1.807) is 0 Å². The Morgan fingerprint density at radius 2 is 1.67 bits per heavy atom. The molecule has 1 aliphatic rings. The van der Waals surface area contributed by atoms with Crippen LogP contribution in [0.3, 0.4) is 0 Å². The Labute approximate surface area is 95.6 Å². The van der Waals surface area contributed by atoms with Gasteiger partial charge in [0, 0.05) is 18.3 Å². The topological polar surface area (TPSA) is 18.5 Å². The van der Waals surface area contributed by atoms with Crippen LogP contribution in [0.2, 0.25) is 10.6 Å². The van der Waals surface area contributed by atoms with E-state index < -0.39 is 8.56 Å². The van der Waals surface area contributed by atoms with Gasteiger partial charge in [-0.05, 0) is 31.7 Å². The van der Waals surface area contributed by atoms with Gasteiger partial charge in [0.05, 0.1) is 0 Å². The number of rotatable bonds is 6. The molecule has 90 valence electrons. The van der Waals surface area contributed by atoms with Crippen molar-refractivity contribution in [2.75, 3.05) is 13.2 Å². The molecule has 0 N–H and O–H groups in total. The van der Waals surface area contributed by atoms with E-state index in [1.165, 1.54) is 6.42 Å². The van der Waals surface area contributed by atoms with Gasteiger partial charge in [-0.15, -0.1) is 0 Å². The number of hydrogen-bond donors (Lipinski definition) is 0. The maximum Gasteiger partial charge on any atom is 0.347 e. The number of hydrogen-bond acceptors (Lipinski definition) is 2. The zero-order valence-corrected chi connectivity index (χ0v) is 12.1. The van der Waals surface area contributed by atoms with Gasteiger partial charge in [-0.1, -0.05) is 27.7 Å². The minimum atomic E-state index is -2.03. The Morgan fingerprint density at radius 3 is 1.87 bits per heavy atom. The van der Waals surface area contributed by atoms with Gasteiger partial charge in [-0.3, -0.25) is 0 Å². The molecule has 0 aromatic carbocycles. The lowest BCUT2D eigenvalue weighted by atomic mass is 10.4. The minimum absolute atomic E-state index is 0.340.